The molecule has 0 aliphatic rings. The Morgan fingerprint density at radius 1 is 0.571 bits per heavy atom. The van der Waals surface area contributed by atoms with E-state index in [0.29, 0.717) is 23.7 Å². The summed E-state index contributed by atoms with van der Waals surface area (Å²) in [5.41, 5.74) is 3.79. The van der Waals surface area contributed by atoms with E-state index in [4.69, 9.17) is 0 Å². The van der Waals surface area contributed by atoms with Crippen molar-refractivity contribution < 1.29 is 0 Å². The highest BCUT2D eigenvalue weighted by atomic mass is 14.9. The lowest BCUT2D eigenvalue weighted by molar-refractivity contribution is 0.754. The van der Waals surface area contributed by atoms with Gasteiger partial charge in [-0.05, 0) is 41.0 Å². The van der Waals surface area contributed by atoms with Crippen LogP contribution in [0.25, 0.3) is 0 Å². The Hall–Kier alpha value is -1.77. The van der Waals surface area contributed by atoms with Crippen LogP contribution >= 0.6 is 0 Å². The van der Waals surface area contributed by atoms with Crippen LogP contribution in [-0.2, 0) is 0 Å². The molecule has 0 bridgehead atoms. The molecule has 2 aromatic heterocycles. The zero-order chi connectivity index (χ0) is 22.3. The average Bonchev–Trinajstić information content (AvgIpc) is 2.71. The lowest BCUT2D eigenvalue weighted by Gasteiger charge is -2.08. The molecule has 2 rings (SSSR count). The molecular formula is C25H45N3. The summed E-state index contributed by atoms with van der Waals surface area (Å²) < 4.78 is 0. The van der Waals surface area contributed by atoms with Gasteiger partial charge < -0.3 is 0 Å². The molecule has 0 fully saturated rings. The van der Waals surface area contributed by atoms with Crippen LogP contribution in [-0.4, -0.2) is 15.0 Å². The number of pyridine rings is 1. The van der Waals surface area contributed by atoms with Crippen LogP contribution in [0.4, 0.5) is 0 Å². The van der Waals surface area contributed by atoms with Crippen molar-refractivity contribution in [1.82, 2.24) is 15.0 Å². The monoisotopic (exact) mass is 387 g/mol. The molecule has 0 radical (unpaired) electrons. The largest absolute Gasteiger partial charge is 0.261 e. The van der Waals surface area contributed by atoms with Gasteiger partial charge in [0.1, 0.15) is 5.82 Å². The summed E-state index contributed by atoms with van der Waals surface area (Å²) in [6.45, 7) is 25.3. The van der Waals surface area contributed by atoms with Crippen LogP contribution in [0, 0.1) is 0 Å². The van der Waals surface area contributed by atoms with Crippen molar-refractivity contribution in [2.75, 3.05) is 0 Å². The van der Waals surface area contributed by atoms with E-state index >= 15 is 0 Å². The summed E-state index contributed by atoms with van der Waals surface area (Å²) >= 11 is 0. The van der Waals surface area contributed by atoms with Crippen LogP contribution in [0.2, 0.25) is 0 Å². The van der Waals surface area contributed by atoms with Crippen LogP contribution in [0.15, 0.2) is 30.7 Å². The predicted molar refractivity (Wildman–Crippen MR) is 125 cm³/mol. The topological polar surface area (TPSA) is 38.7 Å². The summed E-state index contributed by atoms with van der Waals surface area (Å²) in [5, 5.41) is 0. The molecule has 28 heavy (non-hydrogen) atoms. The Balaban J connectivity index is 0. The van der Waals surface area contributed by atoms with Crippen molar-refractivity contribution >= 4 is 0 Å². The van der Waals surface area contributed by atoms with Crippen molar-refractivity contribution in [2.24, 2.45) is 0 Å². The molecule has 0 saturated heterocycles. The van der Waals surface area contributed by atoms with E-state index < -0.39 is 0 Å². The van der Waals surface area contributed by atoms with Gasteiger partial charge >= 0.3 is 0 Å². The van der Waals surface area contributed by atoms with E-state index in [9.17, 15) is 0 Å². The summed E-state index contributed by atoms with van der Waals surface area (Å²) in [4.78, 5) is 12.9. The van der Waals surface area contributed by atoms with Gasteiger partial charge in [0, 0.05) is 30.2 Å². The third-order valence-electron chi connectivity index (χ3n) is 3.94. The average molecular weight is 388 g/mol. The van der Waals surface area contributed by atoms with Crippen LogP contribution in [0.1, 0.15) is 129 Å². The molecule has 0 spiro atoms. The van der Waals surface area contributed by atoms with Crippen LogP contribution in [0.3, 0.4) is 0 Å². The molecule has 3 heteroatoms. The van der Waals surface area contributed by atoms with Crippen molar-refractivity contribution in [2.45, 2.75) is 107 Å². The second kappa shape index (κ2) is 16.2. The Labute approximate surface area is 175 Å². The Kier molecular flexibility index (Phi) is 16.5. The Morgan fingerprint density at radius 2 is 1.04 bits per heavy atom. The Morgan fingerprint density at radius 3 is 1.39 bits per heavy atom. The van der Waals surface area contributed by atoms with Gasteiger partial charge in [-0.1, -0.05) is 83.1 Å². The van der Waals surface area contributed by atoms with Crippen molar-refractivity contribution in [3.63, 3.8) is 0 Å². The zero-order valence-corrected chi connectivity index (χ0v) is 20.5. The standard InChI is InChI=1S/C11H17N.C10H16N2.2C2H6/c1-8(2)10-5-6-12-11(7-10)9(3)4;1-7(2)9-5-11-10(8(3)4)12-6-9;2*1-2/h5-9H,1-4H3;5-8H,1-4H3;2*1-2H3. The Bertz CT molecular complexity index is 549. The highest BCUT2D eigenvalue weighted by Crippen LogP contribution is 2.18. The molecule has 3 nitrogen and oxygen atoms in total. The zero-order valence-electron chi connectivity index (χ0n) is 20.5. The van der Waals surface area contributed by atoms with Crippen molar-refractivity contribution in [3.05, 3.63) is 53.4 Å². The fourth-order valence-electron chi connectivity index (χ4n) is 2.08. The van der Waals surface area contributed by atoms with Crippen molar-refractivity contribution in [3.8, 4) is 0 Å². The highest BCUT2D eigenvalue weighted by molar-refractivity contribution is 5.21. The summed E-state index contributed by atoms with van der Waals surface area (Å²) in [6, 6.07) is 4.30. The van der Waals surface area contributed by atoms with E-state index in [1.807, 2.05) is 46.3 Å². The molecule has 2 heterocycles. The maximum absolute atomic E-state index is 4.32. The predicted octanol–water partition coefficient (Wildman–Crippen LogP) is 8.10. The minimum atomic E-state index is 0.422. The maximum Gasteiger partial charge on any atom is 0.130 e. The van der Waals surface area contributed by atoms with Gasteiger partial charge in [-0.2, -0.15) is 0 Å². The van der Waals surface area contributed by atoms with Gasteiger partial charge in [0.05, 0.1) is 0 Å². The third kappa shape index (κ3) is 11.2. The molecule has 160 valence electrons. The number of rotatable bonds is 4. The fourth-order valence-corrected chi connectivity index (χ4v) is 2.08. The third-order valence-corrected chi connectivity index (χ3v) is 3.94. The van der Waals surface area contributed by atoms with Gasteiger partial charge in [-0.15, -0.1) is 0 Å². The minimum Gasteiger partial charge on any atom is -0.261 e. The lowest BCUT2D eigenvalue weighted by atomic mass is 10.0. The van der Waals surface area contributed by atoms with Crippen LogP contribution in [0.5, 0.6) is 0 Å². The second-order valence-corrected chi connectivity index (χ2v) is 7.51. The first-order valence-electron chi connectivity index (χ1n) is 11.0. The molecule has 0 aliphatic carbocycles. The number of aromatic nitrogens is 3. The normalized spacial score (nSPS) is 10.0. The van der Waals surface area contributed by atoms with Crippen LogP contribution < -0.4 is 0 Å². The fraction of sp³-hybridized carbons (Fsp3) is 0.640. The van der Waals surface area contributed by atoms with Gasteiger partial charge in [-0.25, -0.2) is 9.97 Å². The summed E-state index contributed by atoms with van der Waals surface area (Å²) in [6.07, 6.45) is 5.75. The first kappa shape index (κ1) is 28.4. The second-order valence-electron chi connectivity index (χ2n) is 7.51. The van der Waals surface area contributed by atoms with E-state index in [0.717, 1.165) is 5.82 Å². The lowest BCUT2D eigenvalue weighted by Crippen LogP contribution is -1.99. The van der Waals surface area contributed by atoms with Gasteiger partial charge in [0.2, 0.25) is 0 Å². The molecule has 0 N–H and O–H groups in total. The van der Waals surface area contributed by atoms with Gasteiger partial charge in [0.15, 0.2) is 0 Å². The smallest absolute Gasteiger partial charge is 0.130 e. The summed E-state index contributed by atoms with van der Waals surface area (Å²) in [7, 11) is 0. The van der Waals surface area contributed by atoms with Crippen molar-refractivity contribution in [1.29, 1.82) is 0 Å². The number of hydrogen-bond acceptors (Lipinski definition) is 3. The van der Waals surface area contributed by atoms with Gasteiger partial charge in [0.25, 0.3) is 0 Å². The van der Waals surface area contributed by atoms with E-state index in [1.165, 1.54) is 16.8 Å². The molecule has 0 atom stereocenters. The number of nitrogens with zero attached hydrogens (tertiary/aromatic N) is 3. The van der Waals surface area contributed by atoms with E-state index in [2.05, 4.69) is 82.5 Å². The maximum atomic E-state index is 4.32. The molecule has 0 aliphatic heterocycles. The van der Waals surface area contributed by atoms with Gasteiger partial charge in [-0.3, -0.25) is 4.98 Å². The SMILES string of the molecule is CC.CC.CC(C)c1ccnc(C(C)C)c1.CC(C)c1cnc(C(C)C)nc1. The molecule has 2 aromatic rings. The molecule has 0 unspecified atom stereocenters. The highest BCUT2D eigenvalue weighted by Gasteiger charge is 2.04. The quantitative estimate of drug-likeness (QED) is 0.532. The molecule has 0 aromatic carbocycles. The van der Waals surface area contributed by atoms with E-state index in [-0.39, 0.29) is 0 Å². The molecular weight excluding hydrogens is 342 g/mol. The minimum absolute atomic E-state index is 0.422. The summed E-state index contributed by atoms with van der Waals surface area (Å²) in [5.74, 6) is 3.01. The van der Waals surface area contributed by atoms with E-state index in [1.54, 1.807) is 0 Å². The molecule has 0 saturated carbocycles. The number of hydrogen-bond donors (Lipinski definition) is 0. The first-order valence-corrected chi connectivity index (χ1v) is 11.0. The first-order chi connectivity index (χ1) is 13.2. The molecule has 0 amide bonds.